The number of hydrogen-bond acceptors (Lipinski definition) is 5. The predicted molar refractivity (Wildman–Crippen MR) is 78.4 cm³/mol. The van der Waals surface area contributed by atoms with Crippen LogP contribution in [0.2, 0.25) is 0 Å². The van der Waals surface area contributed by atoms with Crippen LogP contribution in [0.5, 0.6) is 0 Å². The van der Waals surface area contributed by atoms with Gasteiger partial charge in [0.15, 0.2) is 0 Å². The monoisotopic (exact) mass is 313 g/mol. The first kappa shape index (κ1) is 23.4. The van der Waals surface area contributed by atoms with E-state index in [1.165, 1.54) is 0 Å². The molecule has 0 saturated heterocycles. The molecule has 0 amide bonds. The molecule has 0 heterocycles. The number of hydrogen-bond donors (Lipinski definition) is 2. The third-order valence-electron chi connectivity index (χ3n) is 1.61. The Morgan fingerprint density at radius 2 is 1.74 bits per heavy atom. The lowest BCUT2D eigenvalue weighted by atomic mass is 10.1. The molecule has 0 bridgehead atoms. The largest absolute Gasteiger partial charge is 0.335 e. The van der Waals surface area contributed by atoms with Gasteiger partial charge in [-0.3, -0.25) is 8.74 Å². The maximum atomic E-state index is 9.49. The van der Waals surface area contributed by atoms with Crippen LogP contribution in [0.25, 0.3) is 0 Å². The molecule has 0 aliphatic carbocycles. The summed E-state index contributed by atoms with van der Waals surface area (Å²) in [6, 6.07) is 0.542. The second-order valence-electron chi connectivity index (χ2n) is 3.00. The maximum Gasteiger partial charge on any atom is 0.335 e. The van der Waals surface area contributed by atoms with E-state index in [0.717, 1.165) is 19.4 Å². The Bertz CT molecular complexity index is 258. The van der Waals surface area contributed by atoms with Gasteiger partial charge in [-0.1, -0.05) is 19.1 Å². The van der Waals surface area contributed by atoms with Gasteiger partial charge in [-0.2, -0.15) is 12.6 Å². The Morgan fingerprint density at radius 1 is 1.32 bits per heavy atom. The van der Waals surface area contributed by atoms with E-state index in [9.17, 15) is 4.21 Å². The third-order valence-corrected chi connectivity index (χ3v) is 2.05. The second-order valence-corrected chi connectivity index (χ2v) is 3.80. The molecule has 0 aromatic heterocycles. The molecule has 2 N–H and O–H groups in total. The lowest BCUT2D eigenvalue weighted by Gasteiger charge is -2.12. The molecule has 0 radical (unpaired) electrons. The van der Waals surface area contributed by atoms with E-state index in [2.05, 4.69) is 29.6 Å². The minimum atomic E-state index is -2.07. The molecule has 6 nitrogen and oxygen atoms in total. The van der Waals surface area contributed by atoms with Crippen molar-refractivity contribution in [3.05, 3.63) is 25.3 Å². The fraction of sp³-hybridized carbons (Fsp3) is 0.636. The van der Waals surface area contributed by atoms with Gasteiger partial charge in [-0.25, -0.2) is 0 Å². The zero-order valence-electron chi connectivity index (χ0n) is 11.4. The highest BCUT2D eigenvalue weighted by atomic mass is 32.2. The van der Waals surface area contributed by atoms with Crippen molar-refractivity contribution in [1.29, 1.82) is 0 Å². The summed E-state index contributed by atoms with van der Waals surface area (Å²) < 4.78 is 37.9. The molecule has 0 rings (SSSR count). The molecular weight excluding hydrogens is 290 g/mol. The van der Waals surface area contributed by atoms with Gasteiger partial charge in [-0.05, 0) is 26.3 Å². The van der Waals surface area contributed by atoms with Crippen LogP contribution >= 0.6 is 0 Å². The number of nitrogens with one attached hydrogen (secondary N) is 1. The molecule has 1 atom stereocenters. The summed E-state index contributed by atoms with van der Waals surface area (Å²) in [6.07, 6.45) is 5.94. The van der Waals surface area contributed by atoms with Gasteiger partial charge < -0.3 is 5.32 Å². The fourth-order valence-electron chi connectivity index (χ4n) is 1.05. The molecule has 0 spiro atoms. The molecular formula is C11H23NO5S2. The summed E-state index contributed by atoms with van der Waals surface area (Å²) in [6.45, 7) is 12.4. The van der Waals surface area contributed by atoms with Crippen LogP contribution in [0.15, 0.2) is 25.3 Å². The Kier molecular flexibility index (Phi) is 27.7. The Morgan fingerprint density at radius 3 is 1.89 bits per heavy atom. The topological polar surface area (TPSA) is 92.7 Å². The molecule has 1 unspecified atom stereocenters. The molecule has 19 heavy (non-hydrogen) atoms. The summed E-state index contributed by atoms with van der Waals surface area (Å²) >= 11 is -2.82. The quantitative estimate of drug-likeness (QED) is 0.522. The van der Waals surface area contributed by atoms with Crippen molar-refractivity contribution in [1.82, 2.24) is 5.32 Å². The lowest BCUT2D eigenvalue weighted by Crippen LogP contribution is -2.27. The second kappa shape index (κ2) is 22.5. The van der Waals surface area contributed by atoms with E-state index < -0.39 is 22.9 Å². The average molecular weight is 313 g/mol. The van der Waals surface area contributed by atoms with Gasteiger partial charge >= 0.3 is 22.9 Å². The van der Waals surface area contributed by atoms with Crippen molar-refractivity contribution >= 4 is 22.9 Å². The molecule has 8 heteroatoms. The van der Waals surface area contributed by atoms with Gasteiger partial charge in [0.2, 0.25) is 0 Å². The van der Waals surface area contributed by atoms with Gasteiger partial charge in [-0.15, -0.1) is 13.2 Å². The minimum absolute atomic E-state index is 0.281. The first-order valence-corrected chi connectivity index (χ1v) is 7.34. The van der Waals surface area contributed by atoms with Crippen LogP contribution in [0.3, 0.4) is 0 Å². The Balaban J connectivity index is -0.000000242. The Labute approximate surface area is 121 Å². The molecule has 0 aromatic carbocycles. The summed E-state index contributed by atoms with van der Waals surface area (Å²) in [5, 5.41) is 3.34. The first-order chi connectivity index (χ1) is 9.03. The van der Waals surface area contributed by atoms with E-state index in [1.807, 2.05) is 12.2 Å². The molecule has 0 saturated carbocycles. The van der Waals surface area contributed by atoms with Crippen LogP contribution in [0.4, 0.5) is 0 Å². The number of rotatable bonds is 8. The minimum Gasteiger partial charge on any atom is -0.314 e. The molecule has 0 aliphatic rings. The summed E-state index contributed by atoms with van der Waals surface area (Å²) in [4.78, 5) is 0. The summed E-state index contributed by atoms with van der Waals surface area (Å²) in [5.41, 5.74) is 0. The van der Waals surface area contributed by atoms with Gasteiger partial charge in [0.1, 0.15) is 0 Å². The molecule has 0 aromatic rings. The molecule has 0 fully saturated rings. The standard InChI is InChI=1S/C9H17N.C2H6O3S.O2S/c1-4-7-9(8-5-2)10-6-3;1-2-5-6(3)4;1-3-2/h4-5,9-10H,1-2,6-8H2,3H3;2H2,1H3,(H,3,4);. The van der Waals surface area contributed by atoms with Crippen LogP contribution in [-0.4, -0.2) is 36.4 Å². The van der Waals surface area contributed by atoms with E-state index in [0.29, 0.717) is 6.04 Å². The van der Waals surface area contributed by atoms with Crippen molar-refractivity contribution < 1.29 is 21.4 Å². The van der Waals surface area contributed by atoms with Crippen LogP contribution in [-0.2, 0) is 27.1 Å². The summed E-state index contributed by atoms with van der Waals surface area (Å²) in [5.74, 6) is 0. The van der Waals surface area contributed by atoms with Crippen molar-refractivity contribution in [2.45, 2.75) is 32.7 Å². The normalized spacial score (nSPS) is 10.3. The maximum absolute atomic E-state index is 9.49. The van der Waals surface area contributed by atoms with Crippen LogP contribution in [0, 0.1) is 0 Å². The summed E-state index contributed by atoms with van der Waals surface area (Å²) in [7, 11) is 0. The van der Waals surface area contributed by atoms with E-state index in [4.69, 9.17) is 13.0 Å². The van der Waals surface area contributed by atoms with Gasteiger partial charge in [0, 0.05) is 6.04 Å². The first-order valence-electron chi connectivity index (χ1n) is 5.64. The SMILES string of the molecule is C=CCC(CC=C)NCC.CCOS(=O)O.O=S=O. The van der Waals surface area contributed by atoms with Gasteiger partial charge in [0.05, 0.1) is 6.61 Å². The van der Waals surface area contributed by atoms with E-state index in [1.54, 1.807) is 6.92 Å². The van der Waals surface area contributed by atoms with Gasteiger partial charge in [0.25, 0.3) is 0 Å². The van der Waals surface area contributed by atoms with Crippen molar-refractivity contribution in [3.8, 4) is 0 Å². The van der Waals surface area contributed by atoms with Crippen molar-refractivity contribution in [2.75, 3.05) is 13.2 Å². The predicted octanol–water partition coefficient (Wildman–Crippen LogP) is 1.61. The average Bonchev–Trinajstić information content (AvgIpc) is 2.31. The highest BCUT2D eigenvalue weighted by Gasteiger charge is 1.99. The highest BCUT2D eigenvalue weighted by molar-refractivity contribution is 7.74. The fourth-order valence-corrected chi connectivity index (χ4v) is 1.26. The smallest absolute Gasteiger partial charge is 0.314 e. The van der Waals surface area contributed by atoms with Crippen LogP contribution in [0.1, 0.15) is 26.7 Å². The zero-order valence-corrected chi connectivity index (χ0v) is 13.0. The molecule has 0 aliphatic heterocycles. The van der Waals surface area contributed by atoms with Crippen molar-refractivity contribution in [3.63, 3.8) is 0 Å². The van der Waals surface area contributed by atoms with E-state index >= 15 is 0 Å². The van der Waals surface area contributed by atoms with Crippen LogP contribution < -0.4 is 5.32 Å². The zero-order chi connectivity index (χ0) is 15.5. The highest BCUT2D eigenvalue weighted by Crippen LogP contribution is 1.98. The lowest BCUT2D eigenvalue weighted by molar-refractivity contribution is 0.325. The Hall–Kier alpha value is -0.670. The van der Waals surface area contributed by atoms with Crippen molar-refractivity contribution in [2.24, 2.45) is 0 Å². The molecule has 114 valence electrons. The third kappa shape index (κ3) is 31.7. The van der Waals surface area contributed by atoms with E-state index in [-0.39, 0.29) is 6.61 Å².